The molecule has 0 saturated heterocycles. The summed E-state index contributed by atoms with van der Waals surface area (Å²) >= 11 is 0. The number of ether oxygens (including phenoxy) is 1. The molecule has 1 aromatic rings. The number of unbranched alkanes of at least 4 members (excludes halogenated alkanes) is 2. The first kappa shape index (κ1) is 13.4. The van der Waals surface area contributed by atoms with Crippen LogP contribution in [0.2, 0.25) is 0 Å². The van der Waals surface area contributed by atoms with Gasteiger partial charge in [-0.3, -0.25) is 4.98 Å². The lowest BCUT2D eigenvalue weighted by Crippen LogP contribution is -2.30. The van der Waals surface area contributed by atoms with Crippen LogP contribution in [0.5, 0.6) is 0 Å². The second kappa shape index (κ2) is 7.56. The SMILES string of the molecule is COCCCCCN(c1ccncc1)[N+](=O)[O-]. The number of methoxy groups -OCH3 is 1. The molecule has 0 spiro atoms. The highest BCUT2D eigenvalue weighted by atomic mass is 16.7. The highest BCUT2D eigenvalue weighted by Gasteiger charge is 2.15. The van der Waals surface area contributed by atoms with Crippen LogP contribution in [-0.4, -0.2) is 30.3 Å². The van der Waals surface area contributed by atoms with Crippen molar-refractivity contribution in [1.82, 2.24) is 4.98 Å². The van der Waals surface area contributed by atoms with Gasteiger partial charge in [-0.2, -0.15) is 0 Å². The van der Waals surface area contributed by atoms with E-state index in [9.17, 15) is 10.1 Å². The molecule has 6 nitrogen and oxygen atoms in total. The summed E-state index contributed by atoms with van der Waals surface area (Å²) in [7, 11) is 1.65. The average molecular weight is 239 g/mol. The third-order valence-corrected chi connectivity index (χ3v) is 2.38. The second-order valence-electron chi connectivity index (χ2n) is 3.62. The Morgan fingerprint density at radius 2 is 2.06 bits per heavy atom. The molecule has 94 valence electrons. The van der Waals surface area contributed by atoms with Crippen LogP contribution in [0.15, 0.2) is 24.5 Å². The van der Waals surface area contributed by atoms with Crippen LogP contribution in [0.25, 0.3) is 0 Å². The van der Waals surface area contributed by atoms with Gasteiger partial charge in [0, 0.05) is 26.1 Å². The molecule has 0 fully saturated rings. The molecule has 0 amide bonds. The molecule has 0 aliphatic rings. The third-order valence-electron chi connectivity index (χ3n) is 2.38. The number of hydrogen-bond acceptors (Lipinski definition) is 4. The van der Waals surface area contributed by atoms with Crippen molar-refractivity contribution in [1.29, 1.82) is 0 Å². The third kappa shape index (κ3) is 4.78. The average Bonchev–Trinajstić information content (AvgIpc) is 2.34. The van der Waals surface area contributed by atoms with Crippen LogP contribution in [0.1, 0.15) is 19.3 Å². The molecule has 0 aromatic carbocycles. The summed E-state index contributed by atoms with van der Waals surface area (Å²) in [6.07, 6.45) is 5.72. The van der Waals surface area contributed by atoms with Gasteiger partial charge in [0.2, 0.25) is 0 Å². The second-order valence-corrected chi connectivity index (χ2v) is 3.62. The van der Waals surface area contributed by atoms with Crippen molar-refractivity contribution in [2.45, 2.75) is 19.3 Å². The van der Waals surface area contributed by atoms with Gasteiger partial charge in [0.15, 0.2) is 5.03 Å². The quantitative estimate of drug-likeness (QED) is 0.393. The lowest BCUT2D eigenvalue weighted by atomic mass is 10.2. The molecule has 1 aromatic heterocycles. The van der Waals surface area contributed by atoms with E-state index in [4.69, 9.17) is 4.74 Å². The Morgan fingerprint density at radius 1 is 1.35 bits per heavy atom. The smallest absolute Gasteiger partial charge is 0.165 e. The van der Waals surface area contributed by atoms with Gasteiger partial charge in [0.25, 0.3) is 0 Å². The first-order chi connectivity index (χ1) is 8.25. The molecule has 0 bridgehead atoms. The number of hydrazine groups is 1. The van der Waals surface area contributed by atoms with Crippen LogP contribution in [0.4, 0.5) is 5.69 Å². The number of anilines is 1. The van der Waals surface area contributed by atoms with Crippen LogP contribution in [-0.2, 0) is 4.74 Å². The molecule has 0 N–H and O–H groups in total. The first-order valence-electron chi connectivity index (χ1n) is 5.56. The fourth-order valence-electron chi connectivity index (χ4n) is 1.51. The lowest BCUT2D eigenvalue weighted by molar-refractivity contribution is -0.494. The van der Waals surface area contributed by atoms with Gasteiger partial charge in [0.05, 0.1) is 6.54 Å². The number of nitro groups is 1. The number of pyridine rings is 1. The number of rotatable bonds is 8. The molecular formula is C11H17N3O3. The van der Waals surface area contributed by atoms with Crippen LogP contribution < -0.4 is 5.01 Å². The topological polar surface area (TPSA) is 68.5 Å². The molecule has 0 radical (unpaired) electrons. The molecule has 6 heteroatoms. The van der Waals surface area contributed by atoms with Crippen molar-refractivity contribution in [3.63, 3.8) is 0 Å². The highest BCUT2D eigenvalue weighted by Crippen LogP contribution is 2.13. The Bertz CT molecular complexity index is 332. The standard InChI is InChI=1S/C11H17N3O3/c1-17-10-4-2-3-9-13(14(15)16)11-5-7-12-8-6-11/h5-8H,2-4,9-10H2,1H3. The summed E-state index contributed by atoms with van der Waals surface area (Å²) < 4.78 is 4.93. The van der Waals surface area contributed by atoms with E-state index in [2.05, 4.69) is 4.98 Å². The van der Waals surface area contributed by atoms with Gasteiger partial charge >= 0.3 is 0 Å². The van der Waals surface area contributed by atoms with Crippen molar-refractivity contribution in [2.24, 2.45) is 0 Å². The monoisotopic (exact) mass is 239 g/mol. The van der Waals surface area contributed by atoms with Gasteiger partial charge in [0.1, 0.15) is 5.69 Å². The summed E-state index contributed by atoms with van der Waals surface area (Å²) in [5.74, 6) is 0. The lowest BCUT2D eigenvalue weighted by Gasteiger charge is -2.13. The molecule has 0 aliphatic carbocycles. The molecule has 1 heterocycles. The summed E-state index contributed by atoms with van der Waals surface area (Å²) in [6, 6.07) is 3.27. The van der Waals surface area contributed by atoms with Crippen LogP contribution in [0, 0.1) is 10.1 Å². The fourth-order valence-corrected chi connectivity index (χ4v) is 1.51. The van der Waals surface area contributed by atoms with E-state index in [1.807, 2.05) is 0 Å². The van der Waals surface area contributed by atoms with Crippen LogP contribution >= 0.6 is 0 Å². The Morgan fingerprint density at radius 3 is 2.65 bits per heavy atom. The summed E-state index contributed by atoms with van der Waals surface area (Å²) in [5, 5.41) is 11.7. The van der Waals surface area contributed by atoms with Crippen molar-refractivity contribution in [3.05, 3.63) is 34.6 Å². The summed E-state index contributed by atoms with van der Waals surface area (Å²) in [6.45, 7) is 1.11. The van der Waals surface area contributed by atoms with E-state index >= 15 is 0 Å². The van der Waals surface area contributed by atoms with Crippen molar-refractivity contribution < 1.29 is 9.77 Å². The first-order valence-corrected chi connectivity index (χ1v) is 5.56. The van der Waals surface area contributed by atoms with Crippen LogP contribution in [0.3, 0.4) is 0 Å². The van der Waals surface area contributed by atoms with Gasteiger partial charge in [-0.1, -0.05) is 5.01 Å². The van der Waals surface area contributed by atoms with Gasteiger partial charge in [-0.05, 0) is 31.4 Å². The molecule has 17 heavy (non-hydrogen) atoms. The minimum absolute atomic E-state index is 0.383. The maximum absolute atomic E-state index is 10.9. The Kier molecular flexibility index (Phi) is 5.95. The summed E-state index contributed by atoms with van der Waals surface area (Å²) in [4.78, 5) is 14.7. The van der Waals surface area contributed by atoms with Gasteiger partial charge in [-0.25, -0.2) is 10.1 Å². The Hall–Kier alpha value is -1.69. The van der Waals surface area contributed by atoms with E-state index in [-0.39, 0.29) is 5.03 Å². The number of hydrogen-bond donors (Lipinski definition) is 0. The van der Waals surface area contributed by atoms with Crippen molar-refractivity contribution in [2.75, 3.05) is 25.3 Å². The Labute approximate surface area is 100 Å². The van der Waals surface area contributed by atoms with E-state index in [1.165, 1.54) is 0 Å². The molecule has 1 rings (SSSR count). The zero-order chi connectivity index (χ0) is 12.5. The van der Waals surface area contributed by atoms with E-state index in [1.54, 1.807) is 31.6 Å². The molecule has 0 atom stereocenters. The molecule has 0 aliphatic heterocycles. The van der Waals surface area contributed by atoms with E-state index in [0.717, 1.165) is 24.3 Å². The molecule has 0 saturated carbocycles. The minimum atomic E-state index is -0.383. The predicted molar refractivity (Wildman–Crippen MR) is 64.3 cm³/mol. The molecular weight excluding hydrogens is 222 g/mol. The number of aromatic nitrogens is 1. The van der Waals surface area contributed by atoms with E-state index < -0.39 is 0 Å². The number of nitrogens with zero attached hydrogens (tertiary/aromatic N) is 3. The predicted octanol–water partition coefficient (Wildman–Crippen LogP) is 1.90. The minimum Gasteiger partial charge on any atom is -0.385 e. The van der Waals surface area contributed by atoms with Gasteiger partial charge < -0.3 is 4.74 Å². The Balaban J connectivity index is 2.42. The van der Waals surface area contributed by atoms with Crippen molar-refractivity contribution in [3.8, 4) is 0 Å². The zero-order valence-corrected chi connectivity index (χ0v) is 9.91. The molecule has 0 unspecified atom stereocenters. The van der Waals surface area contributed by atoms with Gasteiger partial charge in [-0.15, -0.1) is 0 Å². The summed E-state index contributed by atoms with van der Waals surface area (Å²) in [5.41, 5.74) is 0.566. The maximum atomic E-state index is 10.9. The highest BCUT2D eigenvalue weighted by molar-refractivity contribution is 5.41. The van der Waals surface area contributed by atoms with E-state index in [0.29, 0.717) is 18.8 Å². The normalized spacial score (nSPS) is 10.2. The largest absolute Gasteiger partial charge is 0.385 e. The maximum Gasteiger partial charge on any atom is 0.165 e. The zero-order valence-electron chi connectivity index (χ0n) is 9.91. The fraction of sp³-hybridized carbons (Fsp3) is 0.545. The van der Waals surface area contributed by atoms with Crippen molar-refractivity contribution >= 4 is 5.69 Å².